The summed E-state index contributed by atoms with van der Waals surface area (Å²) in [4.78, 5) is 13.9. The molecular weight excluding hydrogens is 382 g/mol. The van der Waals surface area contributed by atoms with Gasteiger partial charge in [-0.1, -0.05) is 44.2 Å². The van der Waals surface area contributed by atoms with Gasteiger partial charge in [0, 0.05) is 40.9 Å². The normalized spacial score (nSPS) is 15.9. The molecule has 0 atom stereocenters. The van der Waals surface area contributed by atoms with Gasteiger partial charge in [-0.3, -0.25) is 4.79 Å². The molecule has 156 valence electrons. The third-order valence-corrected chi connectivity index (χ3v) is 6.43. The van der Waals surface area contributed by atoms with E-state index in [1.807, 2.05) is 30.0 Å². The molecule has 1 heterocycles. The Kier molecular flexibility index (Phi) is 7.62. The molecule has 1 amide bonds. The van der Waals surface area contributed by atoms with Crippen molar-refractivity contribution in [1.29, 1.82) is 0 Å². The van der Waals surface area contributed by atoms with E-state index >= 15 is 0 Å². The third kappa shape index (κ3) is 5.77. The topological polar surface area (TPSA) is 47.6 Å². The molecule has 0 unspecified atom stereocenters. The van der Waals surface area contributed by atoms with Crippen molar-refractivity contribution >= 4 is 17.7 Å². The van der Waals surface area contributed by atoms with Crippen LogP contribution in [0.1, 0.15) is 37.8 Å². The molecule has 0 bridgehead atoms. The van der Waals surface area contributed by atoms with E-state index in [1.54, 1.807) is 7.11 Å². The summed E-state index contributed by atoms with van der Waals surface area (Å²) in [5.41, 5.74) is 2.04. The fourth-order valence-corrected chi connectivity index (χ4v) is 4.70. The summed E-state index contributed by atoms with van der Waals surface area (Å²) >= 11 is 1.83. The average molecular weight is 414 g/mol. The van der Waals surface area contributed by atoms with Crippen LogP contribution in [-0.4, -0.2) is 38.0 Å². The molecule has 3 rings (SSSR count). The summed E-state index contributed by atoms with van der Waals surface area (Å²) in [6, 6.07) is 16.4. The molecule has 1 N–H and O–H groups in total. The largest absolute Gasteiger partial charge is 0.496 e. The first-order chi connectivity index (χ1) is 14.0. The van der Waals surface area contributed by atoms with Crippen LogP contribution in [0.5, 0.6) is 5.75 Å². The minimum absolute atomic E-state index is 0.0510. The van der Waals surface area contributed by atoms with Gasteiger partial charge >= 0.3 is 0 Å². The molecule has 29 heavy (non-hydrogen) atoms. The lowest BCUT2D eigenvalue weighted by molar-refractivity contribution is -0.121. The monoisotopic (exact) mass is 413 g/mol. The smallest absolute Gasteiger partial charge is 0.224 e. The Labute approximate surface area is 178 Å². The highest BCUT2D eigenvalue weighted by Gasteiger charge is 2.37. The fraction of sp³-hybridized carbons (Fsp3) is 0.458. The number of thioether (sulfide) groups is 1. The summed E-state index contributed by atoms with van der Waals surface area (Å²) in [5, 5.41) is 3.73. The summed E-state index contributed by atoms with van der Waals surface area (Å²) in [5.74, 6) is 0.928. The zero-order valence-corrected chi connectivity index (χ0v) is 18.4. The molecule has 4 nitrogen and oxygen atoms in total. The number of para-hydroxylation sites is 1. The first kappa shape index (κ1) is 21.7. The second-order valence-electron chi connectivity index (χ2n) is 7.86. The van der Waals surface area contributed by atoms with Crippen LogP contribution in [-0.2, 0) is 21.4 Å². The quantitative estimate of drug-likeness (QED) is 0.643. The van der Waals surface area contributed by atoms with Crippen molar-refractivity contribution in [2.75, 3.05) is 26.9 Å². The van der Waals surface area contributed by atoms with Gasteiger partial charge in [0.2, 0.25) is 5.91 Å². The standard InChI is InChI=1S/C24H31NO3S/c1-18(2)29-20-10-8-19(9-11-20)16-23(26)25-17-24(12-14-28-15-13-24)21-6-4-5-7-22(21)27-3/h4-11,18H,12-17H2,1-3H3,(H,25,26). The molecule has 0 aliphatic carbocycles. The molecule has 0 aromatic heterocycles. The van der Waals surface area contributed by atoms with Gasteiger partial charge in [-0.25, -0.2) is 0 Å². The van der Waals surface area contributed by atoms with Crippen LogP contribution in [0.15, 0.2) is 53.4 Å². The second-order valence-corrected chi connectivity index (χ2v) is 9.51. The minimum Gasteiger partial charge on any atom is -0.496 e. The molecule has 2 aromatic rings. The molecule has 1 aliphatic heterocycles. The number of benzene rings is 2. The summed E-state index contributed by atoms with van der Waals surface area (Å²) in [6.45, 7) is 6.35. The van der Waals surface area contributed by atoms with E-state index in [4.69, 9.17) is 9.47 Å². The van der Waals surface area contributed by atoms with Crippen molar-refractivity contribution in [3.8, 4) is 5.75 Å². The Morgan fingerprint density at radius 1 is 1.14 bits per heavy atom. The highest BCUT2D eigenvalue weighted by molar-refractivity contribution is 7.99. The van der Waals surface area contributed by atoms with Gasteiger partial charge in [-0.15, -0.1) is 11.8 Å². The van der Waals surface area contributed by atoms with E-state index in [2.05, 4.69) is 49.5 Å². The highest BCUT2D eigenvalue weighted by atomic mass is 32.2. The van der Waals surface area contributed by atoms with Gasteiger partial charge in [0.1, 0.15) is 5.75 Å². The molecule has 1 saturated heterocycles. The number of methoxy groups -OCH3 is 1. The van der Waals surface area contributed by atoms with Gasteiger partial charge in [-0.05, 0) is 36.6 Å². The molecule has 0 spiro atoms. The Morgan fingerprint density at radius 2 is 1.83 bits per heavy atom. The van der Waals surface area contributed by atoms with E-state index in [1.165, 1.54) is 4.90 Å². The molecular formula is C24H31NO3S. The van der Waals surface area contributed by atoms with Gasteiger partial charge in [0.05, 0.1) is 13.5 Å². The Hall–Kier alpha value is -1.98. The number of nitrogens with one attached hydrogen (secondary N) is 1. The molecule has 2 aromatic carbocycles. The average Bonchev–Trinajstić information content (AvgIpc) is 2.74. The van der Waals surface area contributed by atoms with E-state index < -0.39 is 0 Å². The highest BCUT2D eigenvalue weighted by Crippen LogP contribution is 2.39. The lowest BCUT2D eigenvalue weighted by Crippen LogP contribution is -2.45. The molecule has 1 aliphatic rings. The van der Waals surface area contributed by atoms with Crippen LogP contribution >= 0.6 is 11.8 Å². The predicted octanol–water partition coefficient (Wildman–Crippen LogP) is 4.60. The van der Waals surface area contributed by atoms with Crippen LogP contribution in [0, 0.1) is 0 Å². The van der Waals surface area contributed by atoms with E-state index in [0.29, 0.717) is 31.4 Å². The number of hydrogen-bond acceptors (Lipinski definition) is 4. The fourth-order valence-electron chi connectivity index (χ4n) is 3.86. The summed E-state index contributed by atoms with van der Waals surface area (Å²) < 4.78 is 11.2. The van der Waals surface area contributed by atoms with E-state index in [0.717, 1.165) is 29.7 Å². The van der Waals surface area contributed by atoms with E-state index in [9.17, 15) is 4.79 Å². The van der Waals surface area contributed by atoms with Crippen molar-refractivity contribution in [2.24, 2.45) is 0 Å². The maximum absolute atomic E-state index is 12.7. The zero-order valence-electron chi connectivity index (χ0n) is 17.6. The maximum atomic E-state index is 12.7. The first-order valence-electron chi connectivity index (χ1n) is 10.3. The van der Waals surface area contributed by atoms with Gasteiger partial charge < -0.3 is 14.8 Å². The van der Waals surface area contributed by atoms with Crippen LogP contribution < -0.4 is 10.1 Å². The SMILES string of the molecule is COc1ccccc1C1(CNC(=O)Cc2ccc(SC(C)C)cc2)CCOCC1. The van der Waals surface area contributed by atoms with Crippen LogP contribution in [0.4, 0.5) is 0 Å². The van der Waals surface area contributed by atoms with Crippen molar-refractivity contribution in [1.82, 2.24) is 5.32 Å². The van der Waals surface area contributed by atoms with Crippen LogP contribution in [0.3, 0.4) is 0 Å². The van der Waals surface area contributed by atoms with Crippen molar-refractivity contribution in [3.05, 3.63) is 59.7 Å². The number of amides is 1. The number of carbonyl (C=O) groups is 1. The minimum atomic E-state index is -0.154. The number of ether oxygens (including phenoxy) is 2. The lowest BCUT2D eigenvalue weighted by atomic mass is 9.73. The number of rotatable bonds is 8. The van der Waals surface area contributed by atoms with Crippen molar-refractivity contribution < 1.29 is 14.3 Å². The molecule has 1 fully saturated rings. The third-order valence-electron chi connectivity index (χ3n) is 5.41. The van der Waals surface area contributed by atoms with Crippen LogP contribution in [0.2, 0.25) is 0 Å². The van der Waals surface area contributed by atoms with Gasteiger partial charge in [-0.2, -0.15) is 0 Å². The van der Waals surface area contributed by atoms with Gasteiger partial charge in [0.15, 0.2) is 0 Å². The second kappa shape index (κ2) is 10.2. The molecule has 0 saturated carbocycles. The molecule has 5 heteroatoms. The lowest BCUT2D eigenvalue weighted by Gasteiger charge is -2.38. The number of hydrogen-bond donors (Lipinski definition) is 1. The number of carbonyl (C=O) groups excluding carboxylic acids is 1. The zero-order chi connectivity index (χ0) is 20.7. The van der Waals surface area contributed by atoms with Crippen LogP contribution in [0.25, 0.3) is 0 Å². The van der Waals surface area contributed by atoms with E-state index in [-0.39, 0.29) is 11.3 Å². The Morgan fingerprint density at radius 3 is 2.48 bits per heavy atom. The Balaban J connectivity index is 1.66. The van der Waals surface area contributed by atoms with Gasteiger partial charge in [0.25, 0.3) is 0 Å². The molecule has 0 radical (unpaired) electrons. The van der Waals surface area contributed by atoms with Crippen molar-refractivity contribution in [3.63, 3.8) is 0 Å². The van der Waals surface area contributed by atoms with Crippen molar-refractivity contribution in [2.45, 2.75) is 48.7 Å². The summed E-state index contributed by atoms with van der Waals surface area (Å²) in [7, 11) is 1.70. The predicted molar refractivity (Wildman–Crippen MR) is 119 cm³/mol. The maximum Gasteiger partial charge on any atom is 0.224 e. The summed E-state index contributed by atoms with van der Waals surface area (Å²) in [6.07, 6.45) is 2.13. The Bertz CT molecular complexity index is 798. The first-order valence-corrected chi connectivity index (χ1v) is 11.1.